The van der Waals surface area contributed by atoms with Gasteiger partial charge >= 0.3 is 0 Å². The Morgan fingerprint density at radius 1 is 1.09 bits per heavy atom. The minimum Gasteiger partial charge on any atom is -0.448 e. The lowest BCUT2D eigenvalue weighted by Gasteiger charge is -2.04. The van der Waals surface area contributed by atoms with Gasteiger partial charge in [-0.1, -0.05) is 18.9 Å². The lowest BCUT2D eigenvalue weighted by molar-refractivity contribution is 0.0841. The van der Waals surface area contributed by atoms with Gasteiger partial charge in [0.25, 0.3) is 11.8 Å². The van der Waals surface area contributed by atoms with Gasteiger partial charge in [0.2, 0.25) is 0 Å². The summed E-state index contributed by atoms with van der Waals surface area (Å²) in [6.45, 7) is 0. The van der Waals surface area contributed by atoms with Crippen LogP contribution in [0.5, 0.6) is 0 Å². The van der Waals surface area contributed by atoms with Gasteiger partial charge < -0.3 is 4.42 Å². The zero-order valence-electron chi connectivity index (χ0n) is 11.9. The Kier molecular flexibility index (Phi) is 4.13. The average Bonchev–Trinajstić information content (AvgIpc) is 3.23. The van der Waals surface area contributed by atoms with Gasteiger partial charge in [0, 0.05) is 12.1 Å². The largest absolute Gasteiger partial charge is 0.448 e. The molecule has 1 saturated carbocycles. The quantitative estimate of drug-likeness (QED) is 0.842. The monoisotopic (exact) mass is 300 g/mol. The fourth-order valence-corrected chi connectivity index (χ4v) is 2.49. The molecule has 2 aromatic rings. The topological polar surface area (TPSA) is 97.1 Å². The van der Waals surface area contributed by atoms with E-state index in [-0.39, 0.29) is 11.4 Å². The number of pyridine rings is 1. The van der Waals surface area contributed by atoms with E-state index in [1.54, 1.807) is 18.2 Å². The van der Waals surface area contributed by atoms with Crippen molar-refractivity contribution >= 4 is 11.8 Å². The highest BCUT2D eigenvalue weighted by molar-refractivity contribution is 5.97. The highest BCUT2D eigenvalue weighted by Gasteiger charge is 2.23. The predicted molar refractivity (Wildman–Crippen MR) is 76.9 cm³/mol. The molecular formula is C15H16N4O3. The van der Waals surface area contributed by atoms with Crippen LogP contribution in [0.4, 0.5) is 0 Å². The van der Waals surface area contributed by atoms with Gasteiger partial charge in [0.05, 0.1) is 0 Å². The normalized spacial score (nSPS) is 14.7. The van der Waals surface area contributed by atoms with Crippen molar-refractivity contribution in [3.63, 3.8) is 0 Å². The summed E-state index contributed by atoms with van der Waals surface area (Å²) in [7, 11) is 0. The molecule has 0 bridgehead atoms. The van der Waals surface area contributed by atoms with E-state index in [0.717, 1.165) is 25.7 Å². The number of aromatic nitrogens is 2. The third-order valence-corrected chi connectivity index (χ3v) is 3.65. The van der Waals surface area contributed by atoms with Crippen LogP contribution in [0.3, 0.4) is 0 Å². The fourth-order valence-electron chi connectivity index (χ4n) is 2.49. The third kappa shape index (κ3) is 3.13. The smallest absolute Gasteiger partial charge is 0.291 e. The van der Waals surface area contributed by atoms with Gasteiger partial charge in [-0.2, -0.15) is 0 Å². The number of amides is 2. The summed E-state index contributed by atoms with van der Waals surface area (Å²) in [6, 6.07) is 4.94. The first-order chi connectivity index (χ1) is 10.7. The molecule has 0 spiro atoms. The lowest BCUT2D eigenvalue weighted by atomic mass is 10.1. The first-order valence-electron chi connectivity index (χ1n) is 7.21. The van der Waals surface area contributed by atoms with E-state index in [0.29, 0.717) is 11.8 Å². The molecule has 0 atom stereocenters. The average molecular weight is 300 g/mol. The molecule has 1 aliphatic rings. The van der Waals surface area contributed by atoms with E-state index in [9.17, 15) is 9.59 Å². The van der Waals surface area contributed by atoms with Gasteiger partial charge in [-0.05, 0) is 25.0 Å². The number of nitrogens with zero attached hydrogens (tertiary/aromatic N) is 2. The van der Waals surface area contributed by atoms with Gasteiger partial charge in [-0.25, -0.2) is 4.98 Å². The summed E-state index contributed by atoms with van der Waals surface area (Å²) >= 11 is 0. The summed E-state index contributed by atoms with van der Waals surface area (Å²) in [5.74, 6) is -0.117. The maximum atomic E-state index is 11.9. The van der Waals surface area contributed by atoms with Crippen LogP contribution in [-0.2, 0) is 0 Å². The standard InChI is InChI=1S/C15H16N4O3/c20-13(11-7-3-4-8-16-11)18-19-14(21)12-9-22-15(17-12)10-5-1-2-6-10/h3-4,7-10H,1-2,5-6H2,(H,18,20)(H,19,21). The van der Waals surface area contributed by atoms with Crippen molar-refractivity contribution in [3.05, 3.63) is 47.9 Å². The zero-order chi connectivity index (χ0) is 15.4. The second-order valence-electron chi connectivity index (χ2n) is 5.18. The fraction of sp³-hybridized carbons (Fsp3) is 0.333. The Hall–Kier alpha value is -2.70. The van der Waals surface area contributed by atoms with Crippen LogP contribution in [0.1, 0.15) is 58.5 Å². The Labute approximate surface area is 127 Å². The van der Waals surface area contributed by atoms with E-state index in [1.807, 2.05) is 0 Å². The summed E-state index contributed by atoms with van der Waals surface area (Å²) in [6.07, 6.45) is 7.22. The number of hydrazine groups is 1. The van der Waals surface area contributed by atoms with Crippen LogP contribution >= 0.6 is 0 Å². The number of oxazole rings is 1. The molecule has 2 amide bonds. The van der Waals surface area contributed by atoms with Crippen LogP contribution in [0.15, 0.2) is 35.1 Å². The number of hydrogen-bond donors (Lipinski definition) is 2. The second kappa shape index (κ2) is 6.38. The maximum absolute atomic E-state index is 11.9. The minimum absolute atomic E-state index is 0.156. The van der Waals surface area contributed by atoms with Gasteiger partial charge in [-0.3, -0.25) is 25.4 Å². The maximum Gasteiger partial charge on any atom is 0.291 e. The Balaban J connectivity index is 1.57. The first-order valence-corrected chi connectivity index (χ1v) is 7.21. The Bertz CT molecular complexity index is 662. The third-order valence-electron chi connectivity index (χ3n) is 3.65. The van der Waals surface area contributed by atoms with Crippen LogP contribution < -0.4 is 10.9 Å². The van der Waals surface area contributed by atoms with Crippen LogP contribution in [0.25, 0.3) is 0 Å². The van der Waals surface area contributed by atoms with E-state index >= 15 is 0 Å². The van der Waals surface area contributed by atoms with Crippen molar-refractivity contribution in [2.45, 2.75) is 31.6 Å². The number of rotatable bonds is 3. The first kappa shape index (κ1) is 14.2. The van der Waals surface area contributed by atoms with Crippen molar-refractivity contribution in [1.29, 1.82) is 0 Å². The Morgan fingerprint density at radius 2 is 1.82 bits per heavy atom. The molecule has 1 fully saturated rings. The molecule has 2 N–H and O–H groups in total. The molecule has 3 rings (SSSR count). The highest BCUT2D eigenvalue weighted by atomic mass is 16.3. The molecule has 114 valence electrons. The molecule has 7 nitrogen and oxygen atoms in total. The number of hydrogen-bond acceptors (Lipinski definition) is 5. The van der Waals surface area contributed by atoms with Crippen molar-refractivity contribution < 1.29 is 14.0 Å². The molecule has 0 aromatic carbocycles. The predicted octanol–water partition coefficient (Wildman–Crippen LogP) is 1.80. The zero-order valence-corrected chi connectivity index (χ0v) is 11.9. The Morgan fingerprint density at radius 3 is 2.50 bits per heavy atom. The van der Waals surface area contributed by atoms with Crippen molar-refractivity contribution in [3.8, 4) is 0 Å². The van der Waals surface area contributed by atoms with E-state index in [2.05, 4.69) is 20.8 Å². The van der Waals surface area contributed by atoms with E-state index in [1.165, 1.54) is 12.5 Å². The second-order valence-corrected chi connectivity index (χ2v) is 5.18. The summed E-state index contributed by atoms with van der Waals surface area (Å²) in [4.78, 5) is 31.8. The summed E-state index contributed by atoms with van der Waals surface area (Å²) in [5, 5.41) is 0. The summed E-state index contributed by atoms with van der Waals surface area (Å²) in [5.41, 5.74) is 4.97. The molecule has 1 aliphatic carbocycles. The number of carbonyl (C=O) groups is 2. The van der Waals surface area contributed by atoms with Crippen LogP contribution in [0.2, 0.25) is 0 Å². The number of carbonyl (C=O) groups excluding carboxylic acids is 2. The molecule has 2 aromatic heterocycles. The van der Waals surface area contributed by atoms with Crippen molar-refractivity contribution in [2.24, 2.45) is 0 Å². The minimum atomic E-state index is -0.516. The van der Waals surface area contributed by atoms with Gasteiger partial charge in [0.15, 0.2) is 11.6 Å². The molecule has 0 radical (unpaired) electrons. The van der Waals surface area contributed by atoms with Gasteiger partial charge in [0.1, 0.15) is 12.0 Å². The molecular weight excluding hydrogens is 284 g/mol. The molecule has 7 heteroatoms. The van der Waals surface area contributed by atoms with Crippen molar-refractivity contribution in [2.75, 3.05) is 0 Å². The SMILES string of the molecule is O=C(NNC(=O)c1coc(C2CCCC2)n1)c1ccccn1. The van der Waals surface area contributed by atoms with Crippen molar-refractivity contribution in [1.82, 2.24) is 20.8 Å². The summed E-state index contributed by atoms with van der Waals surface area (Å²) < 4.78 is 5.36. The van der Waals surface area contributed by atoms with Crippen LogP contribution in [0, 0.1) is 0 Å². The van der Waals surface area contributed by atoms with E-state index < -0.39 is 11.8 Å². The van der Waals surface area contributed by atoms with E-state index in [4.69, 9.17) is 4.42 Å². The lowest BCUT2D eigenvalue weighted by Crippen LogP contribution is -2.42. The molecule has 0 saturated heterocycles. The highest BCUT2D eigenvalue weighted by Crippen LogP contribution is 2.33. The molecule has 2 heterocycles. The number of nitrogens with one attached hydrogen (secondary N) is 2. The van der Waals surface area contributed by atoms with Gasteiger partial charge in [-0.15, -0.1) is 0 Å². The van der Waals surface area contributed by atoms with Crippen LogP contribution in [-0.4, -0.2) is 21.8 Å². The molecule has 22 heavy (non-hydrogen) atoms. The molecule has 0 unspecified atom stereocenters. The molecule has 0 aliphatic heterocycles.